The number of fused-ring (bicyclic) bond motifs is 1. The van der Waals surface area contributed by atoms with Crippen molar-refractivity contribution < 1.29 is 92.7 Å². The van der Waals surface area contributed by atoms with Crippen LogP contribution in [0.2, 0.25) is 0 Å². The highest BCUT2D eigenvalue weighted by Gasteiger charge is 2.43. The van der Waals surface area contributed by atoms with Crippen molar-refractivity contribution in [2.75, 3.05) is 42.1 Å². The first kappa shape index (κ1) is 83.3. The third kappa shape index (κ3) is 27.9. The van der Waals surface area contributed by atoms with Gasteiger partial charge in [-0.2, -0.15) is 23.5 Å². The minimum Gasteiger partial charge on any atom is -0.508 e. The zero-order valence-corrected chi connectivity index (χ0v) is 58.9. The van der Waals surface area contributed by atoms with E-state index in [2.05, 4.69) is 53.2 Å². The van der Waals surface area contributed by atoms with Gasteiger partial charge in [-0.05, 0) is 118 Å². The molecule has 37 heteroatoms. The summed E-state index contributed by atoms with van der Waals surface area (Å²) < 4.78 is 0. The molecular weight excluding hydrogens is 1370 g/mol. The largest absolute Gasteiger partial charge is 0.508 e. The molecule has 2 aliphatic rings. The number of carboxylic acid groups (broad SMARTS) is 1. The first-order valence-electron chi connectivity index (χ1n) is 31.8. The van der Waals surface area contributed by atoms with Crippen LogP contribution in [0.5, 0.6) is 11.5 Å². The summed E-state index contributed by atoms with van der Waals surface area (Å²) in [6.45, 7) is 5.67. The lowest BCUT2D eigenvalue weighted by Gasteiger charge is -2.31. The second-order valence-electron chi connectivity index (χ2n) is 24.3. The van der Waals surface area contributed by atoms with E-state index in [1.165, 1.54) is 72.1 Å². The van der Waals surface area contributed by atoms with E-state index in [-0.39, 0.29) is 61.8 Å². The van der Waals surface area contributed by atoms with E-state index in [0.29, 0.717) is 16.9 Å². The molecule has 0 spiro atoms. The maximum absolute atomic E-state index is 14.9. The van der Waals surface area contributed by atoms with E-state index in [9.17, 15) is 92.7 Å². The maximum Gasteiger partial charge on any atom is 0.327 e. The van der Waals surface area contributed by atoms with Crippen molar-refractivity contribution in [2.45, 2.75) is 177 Å². The molecule has 0 aliphatic carbocycles. The molecule has 21 N–H and O–H groups in total. The average Bonchev–Trinajstić information content (AvgIpc) is 1.77. The molecule has 0 radical (unpaired) electrons. The minimum atomic E-state index is -1.98. The second-order valence-corrected chi connectivity index (χ2v) is 28.8. The predicted molar refractivity (Wildman–Crippen MR) is 369 cm³/mol. The zero-order valence-electron chi connectivity index (χ0n) is 55.6. The molecule has 2 heterocycles. The number of nitrogens with one attached hydrogen (secondary N) is 10. The summed E-state index contributed by atoms with van der Waals surface area (Å²) in [5.41, 5.74) is 17.9. The molecule has 0 aromatic heterocycles. The highest BCUT2D eigenvalue weighted by atomic mass is 33.1. The molecule has 2 aromatic rings. The summed E-state index contributed by atoms with van der Waals surface area (Å²) in [5.74, 6) is -15.9. The number of hydrogen-bond acceptors (Lipinski definition) is 23. The number of aliphatic hydroxyl groups is 2. The van der Waals surface area contributed by atoms with Gasteiger partial charge in [0.25, 0.3) is 0 Å². The fraction of sp³-hybridized carbons (Fsp3) is 0.581. The van der Waals surface area contributed by atoms with Crippen LogP contribution in [-0.4, -0.2) is 240 Å². The molecular formula is C62H92N14O19S4. The predicted octanol–water partition coefficient (Wildman–Crippen LogP) is -4.02. The van der Waals surface area contributed by atoms with Gasteiger partial charge in [0, 0.05) is 37.3 Å². The first-order chi connectivity index (χ1) is 46.7. The Hall–Kier alpha value is -8.10. The number of amides is 13. The fourth-order valence-electron chi connectivity index (χ4n) is 10.3. The van der Waals surface area contributed by atoms with Crippen molar-refractivity contribution >= 4 is 128 Å². The van der Waals surface area contributed by atoms with Crippen molar-refractivity contribution in [1.82, 2.24) is 58.1 Å². The van der Waals surface area contributed by atoms with Crippen molar-refractivity contribution in [3.05, 3.63) is 59.7 Å². The fourth-order valence-corrected chi connectivity index (χ4v) is 13.6. The van der Waals surface area contributed by atoms with Gasteiger partial charge in [0.15, 0.2) is 0 Å². The number of benzene rings is 2. The molecule has 2 saturated heterocycles. The molecule has 548 valence electrons. The number of primary amides is 2. The third-order valence-electron chi connectivity index (χ3n) is 15.7. The van der Waals surface area contributed by atoms with Gasteiger partial charge in [-0.3, -0.25) is 62.3 Å². The number of carbonyl (C=O) groups excluding carboxylic acids is 13. The number of hydrogen-bond donors (Lipinski definition) is 18. The van der Waals surface area contributed by atoms with Crippen LogP contribution in [0.25, 0.3) is 0 Å². The number of nitrogens with two attached hydrogens (primary N) is 3. The highest BCUT2D eigenvalue weighted by molar-refractivity contribution is 8.76. The Morgan fingerprint density at radius 2 is 1.07 bits per heavy atom. The summed E-state index contributed by atoms with van der Waals surface area (Å²) in [6, 6.07) is -8.97. The number of phenolic OH excluding ortho intramolecular Hbond substituents is 2. The number of phenols is 2. The Morgan fingerprint density at radius 3 is 1.58 bits per heavy atom. The number of carboxylic acids is 1. The van der Waals surface area contributed by atoms with Crippen LogP contribution in [0.4, 0.5) is 0 Å². The summed E-state index contributed by atoms with van der Waals surface area (Å²) in [7, 11) is 1.63. The number of aliphatic hydroxyl groups excluding tert-OH is 2. The molecule has 99 heavy (non-hydrogen) atoms. The average molecular weight is 1470 g/mol. The van der Waals surface area contributed by atoms with Crippen LogP contribution in [0.1, 0.15) is 90.2 Å². The summed E-state index contributed by atoms with van der Waals surface area (Å²) >= 11 is 2.58. The van der Waals surface area contributed by atoms with E-state index in [1.54, 1.807) is 12.5 Å². The van der Waals surface area contributed by atoms with Crippen molar-refractivity contribution in [3.8, 4) is 11.5 Å². The van der Waals surface area contributed by atoms with Crippen molar-refractivity contribution in [3.63, 3.8) is 0 Å². The Labute approximate surface area is 588 Å². The van der Waals surface area contributed by atoms with Crippen LogP contribution in [0, 0.1) is 5.92 Å². The highest BCUT2D eigenvalue weighted by Crippen LogP contribution is 2.25. The molecule has 33 nitrogen and oxygen atoms in total. The first-order valence-corrected chi connectivity index (χ1v) is 37.0. The summed E-state index contributed by atoms with van der Waals surface area (Å²) in [6.07, 6.45) is -2.65. The van der Waals surface area contributed by atoms with Crippen LogP contribution < -0.4 is 70.4 Å². The summed E-state index contributed by atoms with van der Waals surface area (Å²) in [5, 5.41) is 77.5. The van der Waals surface area contributed by atoms with Crippen LogP contribution in [0.3, 0.4) is 0 Å². The van der Waals surface area contributed by atoms with Gasteiger partial charge in [0.2, 0.25) is 76.8 Å². The molecule has 4 rings (SSSR count). The second kappa shape index (κ2) is 41.5. The normalized spacial score (nSPS) is 24.5. The topological polar surface area (TPSA) is 542 Å². The van der Waals surface area contributed by atoms with Crippen LogP contribution >= 0.6 is 45.1 Å². The molecule has 2 fully saturated rings. The van der Waals surface area contributed by atoms with E-state index in [1.807, 2.05) is 13.8 Å². The lowest BCUT2D eigenvalue weighted by molar-refractivity contribution is -0.144. The number of aliphatic carboxylic acids is 1. The van der Waals surface area contributed by atoms with Crippen LogP contribution in [0.15, 0.2) is 48.5 Å². The number of aromatic hydroxyl groups is 2. The number of rotatable bonds is 24. The van der Waals surface area contributed by atoms with Gasteiger partial charge >= 0.3 is 5.97 Å². The van der Waals surface area contributed by atoms with Gasteiger partial charge in [0.1, 0.15) is 78.0 Å². The molecule has 0 saturated carbocycles. The minimum absolute atomic E-state index is 0.0147. The van der Waals surface area contributed by atoms with E-state index < -0.39 is 211 Å². The van der Waals surface area contributed by atoms with Crippen molar-refractivity contribution in [2.24, 2.45) is 23.1 Å². The Kier molecular flexibility index (Phi) is 34.9. The Bertz CT molecular complexity index is 3160. The molecule has 0 unspecified atom stereocenters. The van der Waals surface area contributed by atoms with E-state index >= 15 is 0 Å². The lowest BCUT2D eigenvalue weighted by atomic mass is 10.0. The van der Waals surface area contributed by atoms with E-state index in [0.717, 1.165) is 40.3 Å². The Balaban J connectivity index is 1.90. The molecule has 2 aliphatic heterocycles. The van der Waals surface area contributed by atoms with E-state index in [4.69, 9.17) is 17.2 Å². The maximum atomic E-state index is 14.9. The number of thioether (sulfide) groups is 2. The number of nitrogens with zero attached hydrogens (tertiary/aromatic N) is 1. The molecule has 2 aromatic carbocycles. The monoisotopic (exact) mass is 1460 g/mol. The van der Waals surface area contributed by atoms with Crippen molar-refractivity contribution in [1.29, 1.82) is 0 Å². The van der Waals surface area contributed by atoms with Gasteiger partial charge in [-0.15, -0.1) is 0 Å². The smallest absolute Gasteiger partial charge is 0.327 e. The standard InChI is InChI=1S/C62H92N14O19S4/c1-30(2)24-37(63)51(83)66-39(19-22-96-5)53(85)72-44-28-98-99-29-45(62(94)95)73-54(86)40(20-23-97-6)68-52(84)38(17-18-47(64)81)67-55(87)42(26-34-11-15-36(80)16-12-34)70-59(91)49(31(3)77)75-60(92)50(32(4)78)74-58(90)46-8-7-21-76(46)61(93)43(27-48(65)82)71-56(88)41(69-57(44)89)25-33-9-13-35(79)14-10-33/h9-16,30-32,37-46,49-50,77-80H,7-8,17-29,63H2,1-6H3,(H2,64,81)(H2,65,82)(H,66,83)(H,67,87)(H,68,84)(H,69,89)(H,70,91)(H,71,88)(H,72,85)(H,73,86)(H,74,90)(H,75,92)(H,94,95)/t31-,32-,37+,38+,39+,40+,41+,42+,43+,44+,45+,46+,49+,50+/m1/s1. The quantitative estimate of drug-likeness (QED) is 0.0445. The molecule has 0 bridgehead atoms. The van der Waals surface area contributed by atoms with Gasteiger partial charge < -0.3 is 101 Å². The molecule has 14 atom stereocenters. The van der Waals surface area contributed by atoms with Gasteiger partial charge in [0.05, 0.1) is 24.7 Å². The number of carbonyl (C=O) groups is 14. The van der Waals surface area contributed by atoms with Gasteiger partial charge in [-0.25, -0.2) is 4.79 Å². The van der Waals surface area contributed by atoms with Gasteiger partial charge in [-0.1, -0.05) is 59.7 Å². The third-order valence-corrected chi connectivity index (χ3v) is 19.4. The van der Waals surface area contributed by atoms with Crippen LogP contribution in [-0.2, 0) is 80.0 Å². The SMILES string of the molecule is CSCC[C@@H]1NC(=O)[C@H](CCC(N)=O)NC(=O)[C@H](Cc2ccc(O)cc2)NC(=O)[C@H]([C@@H](C)O)NC(=O)[C@H]([C@@H](C)O)NC(=O)[C@@H]2CCCN2C(=O)[C@H](CC(N)=O)NC(=O)[C@H](Cc2ccc(O)cc2)NC(=O)[C@@H](NC(=O)[C@H](CCSC)NC(=O)[C@@H](N)CC(C)C)CSSC[C@@H](C(=O)O)NC1=O. The summed E-state index contributed by atoms with van der Waals surface area (Å²) in [4.78, 5) is 197. The Morgan fingerprint density at radius 1 is 0.596 bits per heavy atom. The zero-order chi connectivity index (χ0) is 73.8. The molecule has 13 amide bonds. The lowest BCUT2D eigenvalue weighted by Crippen LogP contribution is -2.63.